The third-order valence-electron chi connectivity index (χ3n) is 2.71. The fraction of sp³-hybridized carbons (Fsp3) is 0.154. The number of pyridine rings is 1. The van der Waals surface area contributed by atoms with Crippen LogP contribution < -0.4 is 0 Å². The zero-order chi connectivity index (χ0) is 14.9. The van der Waals surface area contributed by atoms with Crippen LogP contribution in [0.4, 0.5) is 22.0 Å². The molecule has 0 aliphatic rings. The molecule has 7 heteroatoms. The molecule has 1 unspecified atom stereocenters. The average Bonchev–Trinajstić information content (AvgIpc) is 2.37. The van der Waals surface area contributed by atoms with Crippen LogP contribution in [0.25, 0.3) is 0 Å². The standard InChI is InChI=1S/C13H8F5NO/c14-7-1-2-8(10(5-7)13(16,17)18)12(20)9-3-4-19-6-11(9)15/h1-6,12,20H. The number of hydrogen-bond donors (Lipinski definition) is 1. The quantitative estimate of drug-likeness (QED) is 0.859. The van der Waals surface area contributed by atoms with E-state index in [1.54, 1.807) is 0 Å². The first-order valence-electron chi connectivity index (χ1n) is 5.45. The summed E-state index contributed by atoms with van der Waals surface area (Å²) in [6.45, 7) is 0. The first-order chi connectivity index (χ1) is 9.30. The van der Waals surface area contributed by atoms with E-state index in [9.17, 15) is 27.1 Å². The Bertz CT molecular complexity index is 626. The fourth-order valence-corrected chi connectivity index (χ4v) is 1.79. The van der Waals surface area contributed by atoms with E-state index in [0.29, 0.717) is 0 Å². The van der Waals surface area contributed by atoms with Gasteiger partial charge >= 0.3 is 6.18 Å². The van der Waals surface area contributed by atoms with Gasteiger partial charge in [0.2, 0.25) is 0 Å². The van der Waals surface area contributed by atoms with Gasteiger partial charge in [-0.25, -0.2) is 8.78 Å². The maximum absolute atomic E-state index is 13.5. The Kier molecular flexibility index (Phi) is 3.71. The van der Waals surface area contributed by atoms with Gasteiger partial charge in [-0.1, -0.05) is 6.07 Å². The first kappa shape index (κ1) is 14.4. The number of nitrogens with zero attached hydrogens (tertiary/aromatic N) is 1. The lowest BCUT2D eigenvalue weighted by atomic mass is 9.96. The van der Waals surface area contributed by atoms with Crippen molar-refractivity contribution in [3.05, 3.63) is 65.0 Å². The third-order valence-corrected chi connectivity index (χ3v) is 2.71. The van der Waals surface area contributed by atoms with Gasteiger partial charge in [0, 0.05) is 11.8 Å². The summed E-state index contributed by atoms with van der Waals surface area (Å²) in [5.41, 5.74) is -2.33. The van der Waals surface area contributed by atoms with Crippen LogP contribution in [0.1, 0.15) is 22.8 Å². The summed E-state index contributed by atoms with van der Waals surface area (Å²) in [6.07, 6.45) is -4.81. The maximum Gasteiger partial charge on any atom is 0.416 e. The Hall–Kier alpha value is -2.02. The van der Waals surface area contributed by atoms with Crippen LogP contribution in [0, 0.1) is 11.6 Å². The Balaban J connectivity index is 2.56. The molecule has 20 heavy (non-hydrogen) atoms. The van der Waals surface area contributed by atoms with E-state index in [4.69, 9.17) is 0 Å². The zero-order valence-electron chi connectivity index (χ0n) is 9.83. The number of rotatable bonds is 2. The van der Waals surface area contributed by atoms with E-state index < -0.39 is 35.0 Å². The number of benzene rings is 1. The topological polar surface area (TPSA) is 33.1 Å². The second-order valence-corrected chi connectivity index (χ2v) is 4.03. The zero-order valence-corrected chi connectivity index (χ0v) is 9.83. The molecule has 1 aromatic heterocycles. The summed E-state index contributed by atoms with van der Waals surface area (Å²) in [4.78, 5) is 3.44. The molecule has 0 amide bonds. The van der Waals surface area contributed by atoms with Gasteiger partial charge in [-0.05, 0) is 23.8 Å². The highest BCUT2D eigenvalue weighted by molar-refractivity contribution is 5.37. The first-order valence-corrected chi connectivity index (χ1v) is 5.45. The number of aromatic nitrogens is 1. The second-order valence-electron chi connectivity index (χ2n) is 4.03. The summed E-state index contributed by atoms with van der Waals surface area (Å²) >= 11 is 0. The van der Waals surface area contributed by atoms with Crippen LogP contribution in [-0.4, -0.2) is 10.1 Å². The molecule has 0 fully saturated rings. The molecule has 0 saturated heterocycles. The summed E-state index contributed by atoms with van der Waals surface area (Å²) < 4.78 is 64.9. The Morgan fingerprint density at radius 2 is 1.75 bits per heavy atom. The lowest BCUT2D eigenvalue weighted by Gasteiger charge is -2.18. The molecule has 2 rings (SSSR count). The summed E-state index contributed by atoms with van der Waals surface area (Å²) in [6, 6.07) is 2.87. The molecular weight excluding hydrogens is 281 g/mol. The third kappa shape index (κ3) is 2.77. The SMILES string of the molecule is OC(c1ccncc1F)c1ccc(F)cc1C(F)(F)F. The highest BCUT2D eigenvalue weighted by Crippen LogP contribution is 2.37. The maximum atomic E-state index is 13.5. The molecule has 1 N–H and O–H groups in total. The van der Waals surface area contributed by atoms with Gasteiger partial charge in [-0.15, -0.1) is 0 Å². The minimum Gasteiger partial charge on any atom is -0.384 e. The van der Waals surface area contributed by atoms with Crippen LogP contribution in [-0.2, 0) is 6.18 Å². The van der Waals surface area contributed by atoms with Crippen LogP contribution >= 0.6 is 0 Å². The highest BCUT2D eigenvalue weighted by Gasteiger charge is 2.36. The molecule has 0 aliphatic heterocycles. The van der Waals surface area contributed by atoms with Crippen LogP contribution in [0.2, 0.25) is 0 Å². The average molecular weight is 289 g/mol. The van der Waals surface area contributed by atoms with E-state index in [0.717, 1.165) is 30.6 Å². The molecule has 0 saturated carbocycles. The highest BCUT2D eigenvalue weighted by atomic mass is 19.4. The van der Waals surface area contributed by atoms with E-state index in [1.807, 2.05) is 0 Å². The van der Waals surface area contributed by atoms with Gasteiger partial charge in [0.1, 0.15) is 17.7 Å². The molecule has 1 heterocycles. The smallest absolute Gasteiger partial charge is 0.384 e. The molecule has 2 aromatic rings. The predicted octanol–water partition coefficient (Wildman–Crippen LogP) is 3.46. The second kappa shape index (κ2) is 5.16. The van der Waals surface area contributed by atoms with E-state index in [2.05, 4.69) is 4.98 Å². The van der Waals surface area contributed by atoms with Crippen molar-refractivity contribution < 1.29 is 27.1 Å². The van der Waals surface area contributed by atoms with E-state index >= 15 is 0 Å². The van der Waals surface area contributed by atoms with Crippen molar-refractivity contribution in [3.63, 3.8) is 0 Å². The molecule has 0 bridgehead atoms. The lowest BCUT2D eigenvalue weighted by molar-refractivity contribution is -0.139. The van der Waals surface area contributed by atoms with E-state index in [1.165, 1.54) is 0 Å². The van der Waals surface area contributed by atoms with Crippen molar-refractivity contribution >= 4 is 0 Å². The molecule has 0 radical (unpaired) electrons. The number of aliphatic hydroxyl groups is 1. The monoisotopic (exact) mass is 289 g/mol. The van der Waals surface area contributed by atoms with Gasteiger partial charge in [-0.2, -0.15) is 13.2 Å². The van der Waals surface area contributed by atoms with Gasteiger partial charge in [0.05, 0.1) is 11.8 Å². The summed E-state index contributed by atoms with van der Waals surface area (Å²) in [7, 11) is 0. The van der Waals surface area contributed by atoms with Crippen LogP contribution in [0.15, 0.2) is 36.7 Å². The minimum absolute atomic E-state index is 0.262. The Labute approximate surface area is 110 Å². The van der Waals surface area contributed by atoms with E-state index in [-0.39, 0.29) is 11.6 Å². The molecule has 106 valence electrons. The number of hydrogen-bond acceptors (Lipinski definition) is 2. The molecular formula is C13H8F5NO. The van der Waals surface area contributed by atoms with Crippen molar-refractivity contribution in [2.75, 3.05) is 0 Å². The molecule has 0 spiro atoms. The molecule has 0 aliphatic carbocycles. The summed E-state index contributed by atoms with van der Waals surface area (Å²) in [5, 5.41) is 9.92. The Morgan fingerprint density at radius 1 is 1.05 bits per heavy atom. The van der Waals surface area contributed by atoms with Gasteiger partial charge < -0.3 is 5.11 Å². The van der Waals surface area contributed by atoms with Crippen LogP contribution in [0.5, 0.6) is 0 Å². The van der Waals surface area contributed by atoms with Crippen molar-refractivity contribution in [2.45, 2.75) is 12.3 Å². The lowest BCUT2D eigenvalue weighted by Crippen LogP contribution is -2.14. The fourth-order valence-electron chi connectivity index (χ4n) is 1.79. The number of halogens is 5. The number of alkyl halides is 3. The van der Waals surface area contributed by atoms with Gasteiger partial charge in [0.15, 0.2) is 0 Å². The molecule has 1 aromatic carbocycles. The minimum atomic E-state index is -4.86. The van der Waals surface area contributed by atoms with Gasteiger partial charge in [-0.3, -0.25) is 4.98 Å². The predicted molar refractivity (Wildman–Crippen MR) is 59.7 cm³/mol. The van der Waals surface area contributed by atoms with Gasteiger partial charge in [0.25, 0.3) is 0 Å². The normalized spacial score (nSPS) is 13.3. The van der Waals surface area contributed by atoms with Crippen molar-refractivity contribution in [3.8, 4) is 0 Å². The number of aliphatic hydroxyl groups excluding tert-OH is 1. The van der Waals surface area contributed by atoms with Crippen LogP contribution in [0.3, 0.4) is 0 Å². The summed E-state index contributed by atoms with van der Waals surface area (Å²) in [5.74, 6) is -2.04. The largest absolute Gasteiger partial charge is 0.416 e. The molecule has 2 nitrogen and oxygen atoms in total. The van der Waals surface area contributed by atoms with Crippen molar-refractivity contribution in [1.29, 1.82) is 0 Å². The Morgan fingerprint density at radius 3 is 2.35 bits per heavy atom. The molecule has 1 atom stereocenters. The van der Waals surface area contributed by atoms with Crippen molar-refractivity contribution in [1.82, 2.24) is 4.98 Å². The van der Waals surface area contributed by atoms with Crippen molar-refractivity contribution in [2.24, 2.45) is 0 Å².